The Morgan fingerprint density at radius 1 is 1.19 bits per heavy atom. The van der Waals surface area contributed by atoms with E-state index in [1.165, 1.54) is 0 Å². The van der Waals surface area contributed by atoms with Crippen LogP contribution < -0.4 is 4.90 Å². The van der Waals surface area contributed by atoms with Gasteiger partial charge in [-0.05, 0) is 26.8 Å². The normalized spacial score (nSPS) is 20.9. The average molecular weight is 361 g/mol. The Morgan fingerprint density at radius 2 is 1.92 bits per heavy atom. The molecule has 3 aromatic rings. The van der Waals surface area contributed by atoms with Crippen LogP contribution in [-0.2, 0) is 11.3 Å². The molecule has 1 N–H and O–H groups in total. The molecule has 0 unspecified atom stereocenters. The number of hydrogen-bond donors (Lipinski definition) is 1. The van der Waals surface area contributed by atoms with Crippen molar-refractivity contribution in [3.63, 3.8) is 0 Å². The highest BCUT2D eigenvalue weighted by atomic mass is 19.1. The summed E-state index contributed by atoms with van der Waals surface area (Å²) in [5.41, 5.74) is 1.70. The van der Waals surface area contributed by atoms with Gasteiger partial charge in [-0.3, -0.25) is 0 Å². The van der Waals surface area contributed by atoms with E-state index in [0.717, 1.165) is 0 Å². The summed E-state index contributed by atoms with van der Waals surface area (Å²) in [6.07, 6.45) is -0.0763. The lowest BCUT2D eigenvalue weighted by Crippen LogP contribution is -2.46. The fourth-order valence-corrected chi connectivity index (χ4v) is 3.57. The summed E-state index contributed by atoms with van der Waals surface area (Å²) in [5.74, 6) is 0.0822. The van der Waals surface area contributed by atoms with Crippen molar-refractivity contribution in [1.29, 1.82) is 0 Å². The molecule has 2 aromatic heterocycles. The van der Waals surface area contributed by atoms with Gasteiger partial charge in [0.2, 0.25) is 5.58 Å². The molecule has 0 amide bonds. The highest BCUT2D eigenvalue weighted by Crippen LogP contribution is 2.37. The highest BCUT2D eigenvalue weighted by molar-refractivity contribution is 5.94. The largest absolute Gasteiger partial charge is 0.392 e. The second-order valence-electron chi connectivity index (χ2n) is 6.75. The highest BCUT2D eigenvalue weighted by Gasteiger charge is 2.29. The van der Waals surface area contributed by atoms with E-state index >= 15 is 4.39 Å². The average Bonchev–Trinajstić information content (AvgIpc) is 3.19. The van der Waals surface area contributed by atoms with Crippen LogP contribution in [-0.4, -0.2) is 40.7 Å². The van der Waals surface area contributed by atoms with Crippen molar-refractivity contribution in [2.24, 2.45) is 0 Å². The number of benzene rings is 1. The second-order valence-corrected chi connectivity index (χ2v) is 6.75. The Morgan fingerprint density at radius 3 is 2.54 bits per heavy atom. The SMILES string of the molecule is Cc1cc(-c2noc3c(F)c(N4C[C@@H](C)O[C@@H](C)C4)c(CO)cc23)no1. The van der Waals surface area contributed by atoms with Gasteiger partial charge in [-0.2, -0.15) is 0 Å². The lowest BCUT2D eigenvalue weighted by molar-refractivity contribution is -0.00549. The molecule has 3 heterocycles. The van der Waals surface area contributed by atoms with Crippen LogP contribution in [0.25, 0.3) is 22.4 Å². The molecule has 2 atom stereocenters. The van der Waals surface area contributed by atoms with E-state index in [4.69, 9.17) is 13.8 Å². The molecule has 1 saturated heterocycles. The number of hydrogen-bond acceptors (Lipinski definition) is 7. The predicted molar refractivity (Wildman–Crippen MR) is 92.3 cm³/mol. The fraction of sp³-hybridized carbons (Fsp3) is 0.444. The molecule has 138 valence electrons. The number of aliphatic hydroxyl groups excluding tert-OH is 1. The van der Waals surface area contributed by atoms with Crippen molar-refractivity contribution in [3.8, 4) is 11.4 Å². The van der Waals surface area contributed by atoms with Crippen LogP contribution in [0.2, 0.25) is 0 Å². The van der Waals surface area contributed by atoms with Crippen LogP contribution >= 0.6 is 0 Å². The van der Waals surface area contributed by atoms with Crippen LogP contribution in [0.15, 0.2) is 21.2 Å². The molecule has 0 saturated carbocycles. The third-order valence-electron chi connectivity index (χ3n) is 4.53. The van der Waals surface area contributed by atoms with Gasteiger partial charge in [-0.25, -0.2) is 4.39 Å². The zero-order chi connectivity index (χ0) is 18.4. The van der Waals surface area contributed by atoms with E-state index in [2.05, 4.69) is 10.3 Å². The third-order valence-corrected chi connectivity index (χ3v) is 4.53. The minimum absolute atomic E-state index is 0.0382. The Kier molecular flexibility index (Phi) is 4.16. The van der Waals surface area contributed by atoms with Crippen LogP contribution in [0.1, 0.15) is 25.2 Å². The first kappa shape index (κ1) is 17.0. The Balaban J connectivity index is 1.86. The van der Waals surface area contributed by atoms with E-state index in [-0.39, 0.29) is 24.4 Å². The first-order chi connectivity index (χ1) is 12.5. The number of nitrogens with zero attached hydrogens (tertiary/aromatic N) is 3. The van der Waals surface area contributed by atoms with Crippen molar-refractivity contribution in [3.05, 3.63) is 29.3 Å². The molecule has 7 nitrogen and oxygen atoms in total. The Bertz CT molecular complexity index is 941. The maximum absolute atomic E-state index is 15.3. The third kappa shape index (κ3) is 2.75. The van der Waals surface area contributed by atoms with E-state index in [0.29, 0.717) is 46.9 Å². The number of ether oxygens (including phenoxy) is 1. The quantitative estimate of drug-likeness (QED) is 0.767. The molecule has 0 spiro atoms. The van der Waals surface area contributed by atoms with E-state index in [1.54, 1.807) is 19.1 Å². The molecule has 8 heteroatoms. The maximum atomic E-state index is 15.3. The first-order valence-corrected chi connectivity index (χ1v) is 8.53. The standard InChI is InChI=1S/C18H20FN3O4/c1-9-4-14(20-25-9)16-13-5-12(8-23)17(15(19)18(13)26-21-16)22-6-10(2)24-11(3)7-22/h4-5,10-11,23H,6-8H2,1-3H3/t10-,11+. The van der Waals surface area contributed by atoms with Crippen molar-refractivity contribution in [2.75, 3.05) is 18.0 Å². The summed E-state index contributed by atoms with van der Waals surface area (Å²) >= 11 is 0. The van der Waals surface area contributed by atoms with Crippen LogP contribution in [0, 0.1) is 12.7 Å². The molecular weight excluding hydrogens is 341 g/mol. The van der Waals surface area contributed by atoms with Crippen molar-refractivity contribution < 1.29 is 23.3 Å². The molecule has 1 aromatic carbocycles. The van der Waals surface area contributed by atoms with E-state index in [9.17, 15) is 5.11 Å². The molecule has 1 aliphatic heterocycles. The number of morpholine rings is 1. The number of aromatic nitrogens is 2. The maximum Gasteiger partial charge on any atom is 0.205 e. The van der Waals surface area contributed by atoms with Crippen LogP contribution in [0.3, 0.4) is 0 Å². The summed E-state index contributed by atoms with van der Waals surface area (Å²) in [6, 6.07) is 3.40. The second kappa shape index (κ2) is 6.37. The van der Waals surface area contributed by atoms with Gasteiger partial charge in [0.15, 0.2) is 5.82 Å². The molecule has 1 aliphatic rings. The minimum Gasteiger partial charge on any atom is -0.392 e. The summed E-state index contributed by atoms with van der Waals surface area (Å²) in [6.45, 7) is 6.41. The Hall–Kier alpha value is -2.45. The van der Waals surface area contributed by atoms with Crippen molar-refractivity contribution in [2.45, 2.75) is 39.6 Å². The van der Waals surface area contributed by atoms with Gasteiger partial charge >= 0.3 is 0 Å². The first-order valence-electron chi connectivity index (χ1n) is 8.53. The molecule has 0 bridgehead atoms. The van der Waals surface area contributed by atoms with Gasteiger partial charge in [0.05, 0.1) is 29.9 Å². The lowest BCUT2D eigenvalue weighted by atomic mass is 10.0. The van der Waals surface area contributed by atoms with Crippen molar-refractivity contribution in [1.82, 2.24) is 10.3 Å². The number of aliphatic hydroxyl groups is 1. The van der Waals surface area contributed by atoms with Gasteiger partial charge in [0, 0.05) is 24.7 Å². The van der Waals surface area contributed by atoms with Crippen LogP contribution in [0.4, 0.5) is 10.1 Å². The number of fused-ring (bicyclic) bond motifs is 1. The summed E-state index contributed by atoms with van der Waals surface area (Å²) in [5, 5.41) is 18.2. The fourth-order valence-electron chi connectivity index (χ4n) is 3.57. The predicted octanol–water partition coefficient (Wildman–Crippen LogP) is 3.04. The summed E-state index contributed by atoms with van der Waals surface area (Å²) in [7, 11) is 0. The topological polar surface area (TPSA) is 84.8 Å². The van der Waals surface area contributed by atoms with Gasteiger partial charge in [0.1, 0.15) is 17.1 Å². The summed E-state index contributed by atoms with van der Waals surface area (Å²) < 4.78 is 31.4. The number of anilines is 1. The zero-order valence-corrected chi connectivity index (χ0v) is 14.8. The monoisotopic (exact) mass is 361 g/mol. The molecular formula is C18H20FN3O4. The molecule has 4 rings (SSSR count). The number of halogens is 1. The van der Waals surface area contributed by atoms with Crippen LogP contribution in [0.5, 0.6) is 0 Å². The Labute approximate surface area is 149 Å². The zero-order valence-electron chi connectivity index (χ0n) is 14.8. The number of aryl methyl sites for hydroxylation is 1. The van der Waals surface area contributed by atoms with Gasteiger partial charge in [-0.15, -0.1) is 0 Å². The van der Waals surface area contributed by atoms with Crippen molar-refractivity contribution >= 4 is 16.7 Å². The smallest absolute Gasteiger partial charge is 0.205 e. The van der Waals surface area contributed by atoms with E-state index < -0.39 is 5.82 Å². The summed E-state index contributed by atoms with van der Waals surface area (Å²) in [4.78, 5) is 1.89. The molecule has 26 heavy (non-hydrogen) atoms. The molecule has 0 radical (unpaired) electrons. The molecule has 0 aliphatic carbocycles. The van der Waals surface area contributed by atoms with Gasteiger partial charge < -0.3 is 23.8 Å². The number of rotatable bonds is 3. The van der Waals surface area contributed by atoms with Gasteiger partial charge in [0.25, 0.3) is 0 Å². The minimum atomic E-state index is -0.535. The lowest BCUT2D eigenvalue weighted by Gasteiger charge is -2.37. The molecule has 1 fully saturated rings. The van der Waals surface area contributed by atoms with Gasteiger partial charge in [-0.1, -0.05) is 10.3 Å². The van der Waals surface area contributed by atoms with E-state index in [1.807, 2.05) is 18.7 Å².